The van der Waals surface area contributed by atoms with Crippen LogP contribution < -0.4 is 15.6 Å². The van der Waals surface area contributed by atoms with Gasteiger partial charge >= 0.3 is 6.18 Å². The van der Waals surface area contributed by atoms with Gasteiger partial charge < -0.3 is 4.74 Å². The van der Waals surface area contributed by atoms with Crippen LogP contribution in [0.1, 0.15) is 27.2 Å². The molecule has 0 spiro atoms. The Morgan fingerprint density at radius 3 is 2.48 bits per heavy atom. The Labute approximate surface area is 175 Å². The van der Waals surface area contributed by atoms with Gasteiger partial charge in [0.1, 0.15) is 5.75 Å². The molecule has 2 N–H and O–H groups in total. The first-order valence-corrected chi connectivity index (χ1v) is 9.16. The molecule has 0 atom stereocenters. The lowest BCUT2D eigenvalue weighted by molar-refractivity contribution is -0.143. The number of carbonyl (C=O) groups is 2. The van der Waals surface area contributed by atoms with Gasteiger partial charge in [-0.1, -0.05) is 30.3 Å². The van der Waals surface area contributed by atoms with Crippen molar-refractivity contribution in [3.63, 3.8) is 0 Å². The minimum atomic E-state index is -4.86. The molecule has 7 nitrogen and oxygen atoms in total. The fourth-order valence-electron chi connectivity index (χ4n) is 2.86. The summed E-state index contributed by atoms with van der Waals surface area (Å²) in [6.07, 6.45) is -4.05. The number of benzene rings is 2. The predicted molar refractivity (Wildman–Crippen MR) is 106 cm³/mol. The number of rotatable bonds is 5. The fraction of sp³-hybridized carbons (Fsp3) is 0.190. The first kappa shape index (κ1) is 21.9. The van der Waals surface area contributed by atoms with Gasteiger partial charge in [-0.25, -0.2) is 4.68 Å². The number of aryl methyl sites for hydroxylation is 2. The molecule has 2 amide bonds. The summed E-state index contributed by atoms with van der Waals surface area (Å²) in [6, 6.07) is 13.3. The molecule has 1 heterocycles. The van der Waals surface area contributed by atoms with Crippen molar-refractivity contribution in [2.75, 3.05) is 6.61 Å². The van der Waals surface area contributed by atoms with Gasteiger partial charge in [-0.2, -0.15) is 18.3 Å². The molecule has 0 unspecified atom stereocenters. The first-order valence-electron chi connectivity index (χ1n) is 9.16. The van der Waals surface area contributed by atoms with Crippen LogP contribution in [0.25, 0.3) is 5.69 Å². The maximum absolute atomic E-state index is 13.7. The molecule has 162 valence electrons. The third-order valence-corrected chi connectivity index (χ3v) is 4.30. The Kier molecular flexibility index (Phi) is 6.28. The highest BCUT2D eigenvalue weighted by Crippen LogP contribution is 2.34. The third kappa shape index (κ3) is 5.21. The highest BCUT2D eigenvalue weighted by Gasteiger charge is 2.40. The lowest BCUT2D eigenvalue weighted by Crippen LogP contribution is -2.44. The summed E-state index contributed by atoms with van der Waals surface area (Å²) in [5.41, 5.74) is 3.69. The van der Waals surface area contributed by atoms with Crippen molar-refractivity contribution < 1.29 is 27.5 Å². The van der Waals surface area contributed by atoms with Crippen LogP contribution in [0.4, 0.5) is 13.2 Å². The van der Waals surface area contributed by atoms with Crippen LogP contribution in [0.2, 0.25) is 0 Å². The number of hydrogen-bond donors (Lipinski definition) is 2. The Hall–Kier alpha value is -3.82. The van der Waals surface area contributed by atoms with Gasteiger partial charge in [-0.3, -0.25) is 20.4 Å². The number of nitrogens with zero attached hydrogens (tertiary/aromatic N) is 2. The largest absolute Gasteiger partial charge is 0.484 e. The van der Waals surface area contributed by atoms with Gasteiger partial charge in [0.05, 0.1) is 17.4 Å². The summed E-state index contributed by atoms with van der Waals surface area (Å²) in [7, 11) is 0. The number of hydrazine groups is 1. The normalized spacial score (nSPS) is 11.1. The van der Waals surface area contributed by atoms with Gasteiger partial charge in [-0.05, 0) is 43.2 Å². The molecule has 0 saturated heterocycles. The number of carbonyl (C=O) groups excluding carboxylic acids is 2. The highest BCUT2D eigenvalue weighted by molar-refractivity contribution is 5.96. The summed E-state index contributed by atoms with van der Waals surface area (Å²) in [6.45, 7) is 3.05. The second kappa shape index (κ2) is 8.90. The molecule has 1 aromatic heterocycles. The van der Waals surface area contributed by atoms with E-state index in [0.717, 1.165) is 11.8 Å². The molecular formula is C21H19F3N4O3. The van der Waals surface area contributed by atoms with Gasteiger partial charge in [0.15, 0.2) is 12.3 Å². The maximum atomic E-state index is 13.7. The smallest absolute Gasteiger partial charge is 0.434 e. The van der Waals surface area contributed by atoms with Crippen molar-refractivity contribution in [1.82, 2.24) is 20.6 Å². The quantitative estimate of drug-likeness (QED) is 0.606. The highest BCUT2D eigenvalue weighted by atomic mass is 19.4. The monoisotopic (exact) mass is 432 g/mol. The van der Waals surface area contributed by atoms with Gasteiger partial charge in [0.25, 0.3) is 11.8 Å². The van der Waals surface area contributed by atoms with Crippen LogP contribution in [0, 0.1) is 13.8 Å². The van der Waals surface area contributed by atoms with Crippen molar-refractivity contribution in [3.05, 3.63) is 77.1 Å². The number of hydrogen-bond acceptors (Lipinski definition) is 4. The second-order valence-corrected chi connectivity index (χ2v) is 6.71. The average Bonchev–Trinajstić information content (AvgIpc) is 3.16. The zero-order chi connectivity index (χ0) is 22.6. The molecule has 3 aromatic rings. The first-order chi connectivity index (χ1) is 14.7. The van der Waals surface area contributed by atoms with Crippen molar-refractivity contribution in [2.24, 2.45) is 0 Å². The van der Waals surface area contributed by atoms with E-state index in [4.69, 9.17) is 4.74 Å². The summed E-state index contributed by atoms with van der Waals surface area (Å²) >= 11 is 0. The standard InChI is InChI=1S/C21H19F3N4O3/c1-13-6-5-8-15(10-13)31-12-18(29)26-27-20(30)16-11-25-28(19(16)21(22,23)24)17-9-4-3-7-14(17)2/h3-11H,12H2,1-2H3,(H,26,29)(H,27,30). The van der Waals surface area contributed by atoms with E-state index in [-0.39, 0.29) is 5.69 Å². The molecule has 0 fully saturated rings. The number of para-hydroxylation sites is 1. The van der Waals surface area contributed by atoms with Crippen LogP contribution in [0.15, 0.2) is 54.7 Å². The number of amides is 2. The van der Waals surface area contributed by atoms with Crippen LogP contribution in [0.5, 0.6) is 5.75 Å². The van der Waals surface area contributed by atoms with Crippen molar-refractivity contribution in [2.45, 2.75) is 20.0 Å². The van der Waals surface area contributed by atoms with E-state index in [2.05, 4.69) is 5.10 Å². The van der Waals surface area contributed by atoms with E-state index in [1.807, 2.05) is 23.8 Å². The number of ether oxygens (including phenoxy) is 1. The molecule has 2 aromatic carbocycles. The molecule has 0 radical (unpaired) electrons. The Morgan fingerprint density at radius 1 is 1.06 bits per heavy atom. The fourth-order valence-corrected chi connectivity index (χ4v) is 2.86. The number of alkyl halides is 3. The summed E-state index contributed by atoms with van der Waals surface area (Å²) < 4.78 is 47.1. The Morgan fingerprint density at radius 2 is 1.81 bits per heavy atom. The molecule has 0 aliphatic heterocycles. The summed E-state index contributed by atoms with van der Waals surface area (Å²) in [5, 5.41) is 3.74. The number of aromatic nitrogens is 2. The van der Waals surface area contributed by atoms with Crippen LogP contribution in [-0.2, 0) is 11.0 Å². The van der Waals surface area contributed by atoms with E-state index in [1.165, 1.54) is 6.07 Å². The predicted octanol–water partition coefficient (Wildman–Crippen LogP) is 3.35. The Balaban J connectivity index is 1.71. The van der Waals surface area contributed by atoms with E-state index in [0.29, 0.717) is 16.0 Å². The Bertz CT molecular complexity index is 1110. The van der Waals surface area contributed by atoms with E-state index < -0.39 is 35.9 Å². The van der Waals surface area contributed by atoms with Crippen molar-refractivity contribution in [3.8, 4) is 11.4 Å². The van der Waals surface area contributed by atoms with E-state index >= 15 is 0 Å². The van der Waals surface area contributed by atoms with Crippen molar-refractivity contribution >= 4 is 11.8 Å². The molecular weight excluding hydrogens is 413 g/mol. The van der Waals surface area contributed by atoms with Gasteiger partial charge in [0, 0.05) is 0 Å². The molecule has 0 aliphatic rings. The SMILES string of the molecule is Cc1cccc(OCC(=O)NNC(=O)c2cnn(-c3ccccc3C)c2C(F)(F)F)c1. The molecule has 10 heteroatoms. The van der Waals surface area contributed by atoms with Gasteiger partial charge in [0.2, 0.25) is 0 Å². The topological polar surface area (TPSA) is 85.2 Å². The average molecular weight is 432 g/mol. The third-order valence-electron chi connectivity index (χ3n) is 4.30. The van der Waals surface area contributed by atoms with Gasteiger partial charge in [-0.15, -0.1) is 0 Å². The molecule has 3 rings (SSSR count). The number of halogens is 3. The van der Waals surface area contributed by atoms with E-state index in [1.54, 1.807) is 43.3 Å². The van der Waals surface area contributed by atoms with Crippen molar-refractivity contribution in [1.29, 1.82) is 0 Å². The minimum Gasteiger partial charge on any atom is -0.484 e. The molecule has 31 heavy (non-hydrogen) atoms. The lowest BCUT2D eigenvalue weighted by Gasteiger charge is -2.14. The summed E-state index contributed by atoms with van der Waals surface area (Å²) in [4.78, 5) is 24.2. The second-order valence-electron chi connectivity index (χ2n) is 6.71. The molecule has 0 aliphatic carbocycles. The van der Waals surface area contributed by atoms with Crippen LogP contribution in [0.3, 0.4) is 0 Å². The zero-order valence-electron chi connectivity index (χ0n) is 16.7. The van der Waals surface area contributed by atoms with Crippen LogP contribution >= 0.6 is 0 Å². The minimum absolute atomic E-state index is 0.185. The summed E-state index contributed by atoms with van der Waals surface area (Å²) in [5.74, 6) is -1.45. The van der Waals surface area contributed by atoms with Crippen LogP contribution in [-0.4, -0.2) is 28.2 Å². The molecule has 0 saturated carbocycles. The lowest BCUT2D eigenvalue weighted by atomic mass is 10.2. The maximum Gasteiger partial charge on any atom is 0.434 e. The molecule has 0 bridgehead atoms. The number of nitrogens with one attached hydrogen (secondary N) is 2. The zero-order valence-corrected chi connectivity index (χ0v) is 16.7. The van der Waals surface area contributed by atoms with E-state index in [9.17, 15) is 22.8 Å².